The van der Waals surface area contributed by atoms with Crippen LogP contribution in [-0.4, -0.2) is 32.6 Å². The molecule has 1 rings (SSSR count). The van der Waals surface area contributed by atoms with Gasteiger partial charge in [-0.3, -0.25) is 9.59 Å². The van der Waals surface area contributed by atoms with Crippen molar-refractivity contribution in [1.29, 1.82) is 0 Å². The Hall–Kier alpha value is -1.94. The van der Waals surface area contributed by atoms with Crippen molar-refractivity contribution in [2.75, 3.05) is 20.8 Å². The molecule has 0 heterocycles. The molecule has 3 atom stereocenters. The average Bonchev–Trinajstić information content (AvgIpc) is 2.89. The molecule has 218 valence electrons. The first-order valence-corrected chi connectivity index (χ1v) is 14.8. The number of hydrogen-bond acceptors (Lipinski definition) is 6. The van der Waals surface area contributed by atoms with Gasteiger partial charge in [0.15, 0.2) is 5.78 Å². The zero-order chi connectivity index (χ0) is 29.0. The largest absolute Gasteiger partial charge is 0.496 e. The Kier molecular flexibility index (Phi) is 19.9. The zero-order valence-electron chi connectivity index (χ0n) is 25.1. The lowest BCUT2D eigenvalue weighted by Crippen LogP contribution is -2.30. The minimum absolute atomic E-state index is 0.106. The molecule has 0 saturated carbocycles. The molecule has 3 unspecified atom stereocenters. The summed E-state index contributed by atoms with van der Waals surface area (Å²) in [7, 11) is 4.21. The van der Waals surface area contributed by atoms with E-state index in [9.17, 15) is 9.59 Å². The van der Waals surface area contributed by atoms with E-state index in [1.807, 2.05) is 0 Å². The molecule has 0 aliphatic heterocycles. The Morgan fingerprint density at radius 3 is 1.76 bits per heavy atom. The lowest BCUT2D eigenvalue weighted by atomic mass is 9.80. The smallest absolute Gasteiger partial charge is 0.316 e. The van der Waals surface area contributed by atoms with Gasteiger partial charge < -0.3 is 14.2 Å². The van der Waals surface area contributed by atoms with Crippen molar-refractivity contribution in [1.82, 2.24) is 0 Å². The van der Waals surface area contributed by atoms with E-state index in [0.717, 1.165) is 25.7 Å². The van der Waals surface area contributed by atoms with Gasteiger partial charge in [-0.1, -0.05) is 103 Å². The van der Waals surface area contributed by atoms with Crippen molar-refractivity contribution in [3.05, 3.63) is 23.8 Å². The lowest BCUT2D eigenvalue weighted by molar-refractivity contribution is -0.147. The third-order valence-corrected chi connectivity index (χ3v) is 6.62. The van der Waals surface area contributed by atoms with Crippen molar-refractivity contribution >= 4 is 20.9 Å². The second-order valence-electron chi connectivity index (χ2n) is 11.4. The molecule has 38 heavy (non-hydrogen) atoms. The van der Waals surface area contributed by atoms with Crippen LogP contribution in [0.2, 0.25) is 0 Å². The van der Waals surface area contributed by atoms with Crippen LogP contribution in [0.5, 0.6) is 11.5 Å². The van der Waals surface area contributed by atoms with Crippen LogP contribution in [0.4, 0.5) is 0 Å². The molecule has 6 nitrogen and oxygen atoms in total. The number of rotatable bonds is 19. The molecule has 0 aliphatic carbocycles. The summed E-state index contributed by atoms with van der Waals surface area (Å²) in [6.07, 6.45) is 13.5. The number of esters is 1. The van der Waals surface area contributed by atoms with Gasteiger partial charge in [0.25, 0.3) is 0 Å². The molecule has 0 aliphatic rings. The van der Waals surface area contributed by atoms with Crippen LogP contribution in [0.3, 0.4) is 0 Å². The van der Waals surface area contributed by atoms with Gasteiger partial charge in [0, 0.05) is 0 Å². The van der Waals surface area contributed by atoms with E-state index in [2.05, 4.69) is 34.6 Å². The average molecular weight is 554 g/mol. The van der Waals surface area contributed by atoms with E-state index in [1.165, 1.54) is 68.3 Å². The molecular formula is C31H54O6P+. The maximum atomic E-state index is 13.7. The molecule has 0 radical (unpaired) electrons. The third-order valence-electron chi connectivity index (χ3n) is 6.62. The van der Waals surface area contributed by atoms with Crippen molar-refractivity contribution in [2.45, 2.75) is 112 Å². The summed E-state index contributed by atoms with van der Waals surface area (Å²) >= 11 is 0. The van der Waals surface area contributed by atoms with Crippen molar-refractivity contribution in [2.24, 2.45) is 17.3 Å². The van der Waals surface area contributed by atoms with E-state index in [4.69, 9.17) is 18.8 Å². The third kappa shape index (κ3) is 14.9. The Balaban J connectivity index is 0.00000667. The van der Waals surface area contributed by atoms with Crippen LogP contribution in [0.1, 0.15) is 122 Å². The SMILES string of the molecule is CCCCCCCCCCCCOC(=O)C(CC(C)CC(C)(C)C)C(=O)c1c(OC)cccc1OC.O=[PH2+]. The van der Waals surface area contributed by atoms with Gasteiger partial charge in [-0.2, -0.15) is 0 Å². The Morgan fingerprint density at radius 2 is 1.32 bits per heavy atom. The van der Waals surface area contributed by atoms with Gasteiger partial charge >= 0.3 is 15.1 Å². The van der Waals surface area contributed by atoms with Gasteiger partial charge in [-0.05, 0) is 42.7 Å². The highest BCUT2D eigenvalue weighted by atomic mass is 31.0. The Morgan fingerprint density at radius 1 is 0.842 bits per heavy atom. The standard InChI is InChI=1S/C31H52O5.H2OP/c1-8-9-10-11-12-13-14-15-16-17-21-36-30(33)25(22-24(2)23-31(3,4)5)29(32)28-26(34-6)19-18-20-27(28)35-7;1-2/h18-20,24-25H,8-17,21-23H2,1-7H3;2H2/q;+1. The van der Waals surface area contributed by atoms with E-state index in [0.29, 0.717) is 30.1 Å². The van der Waals surface area contributed by atoms with Crippen molar-refractivity contribution in [3.8, 4) is 11.5 Å². The molecule has 0 spiro atoms. The number of ether oxygens (including phenoxy) is 3. The van der Waals surface area contributed by atoms with Crippen LogP contribution < -0.4 is 9.47 Å². The van der Waals surface area contributed by atoms with Gasteiger partial charge in [-0.15, -0.1) is 0 Å². The second-order valence-corrected chi connectivity index (χ2v) is 11.4. The minimum atomic E-state index is -0.879. The predicted molar refractivity (Wildman–Crippen MR) is 158 cm³/mol. The number of ketones is 1. The molecule has 0 saturated heterocycles. The molecule has 0 bridgehead atoms. The van der Waals surface area contributed by atoms with Crippen LogP contribution in [0, 0.1) is 17.3 Å². The fourth-order valence-corrected chi connectivity index (χ4v) is 4.97. The summed E-state index contributed by atoms with van der Waals surface area (Å²) in [6, 6.07) is 5.22. The molecule has 0 amide bonds. The fourth-order valence-electron chi connectivity index (χ4n) is 4.97. The summed E-state index contributed by atoms with van der Waals surface area (Å²) < 4.78 is 24.7. The summed E-state index contributed by atoms with van der Waals surface area (Å²) in [5.74, 6) is -0.603. The van der Waals surface area contributed by atoms with E-state index < -0.39 is 11.9 Å². The van der Waals surface area contributed by atoms with Gasteiger partial charge in [0.05, 0.1) is 20.8 Å². The number of unbranched alkanes of at least 4 members (excludes halogenated alkanes) is 9. The highest BCUT2D eigenvalue weighted by Crippen LogP contribution is 2.35. The first-order valence-electron chi connectivity index (χ1n) is 14.3. The number of carbonyl (C=O) groups excluding carboxylic acids is 2. The number of benzene rings is 1. The number of carbonyl (C=O) groups is 2. The molecule has 0 fully saturated rings. The van der Waals surface area contributed by atoms with Crippen LogP contribution in [-0.2, 0) is 14.1 Å². The first kappa shape index (κ1) is 36.1. The molecule has 7 heteroatoms. The highest BCUT2D eigenvalue weighted by Gasteiger charge is 2.35. The number of hydrogen-bond donors (Lipinski definition) is 0. The number of methoxy groups -OCH3 is 2. The molecule has 0 N–H and O–H groups in total. The summed E-state index contributed by atoms with van der Waals surface area (Å²) in [5, 5.41) is 0. The lowest BCUT2D eigenvalue weighted by Gasteiger charge is -2.26. The molecule has 1 aromatic carbocycles. The molecule has 1 aromatic rings. The highest BCUT2D eigenvalue weighted by molar-refractivity contribution is 7.00. The first-order chi connectivity index (χ1) is 18.1. The van der Waals surface area contributed by atoms with Crippen LogP contribution in [0.25, 0.3) is 0 Å². The van der Waals surface area contributed by atoms with E-state index in [1.54, 1.807) is 18.2 Å². The number of Topliss-reactive ketones (excluding diaryl/α,β-unsaturated/α-hetero) is 1. The Labute approximate surface area is 234 Å². The minimum Gasteiger partial charge on any atom is -0.496 e. The normalized spacial score (nSPS) is 12.6. The zero-order valence-corrected chi connectivity index (χ0v) is 26.3. The monoisotopic (exact) mass is 553 g/mol. The Bertz CT molecular complexity index is 767. The van der Waals surface area contributed by atoms with Gasteiger partial charge in [0.2, 0.25) is 0 Å². The second kappa shape index (κ2) is 21.0. The topological polar surface area (TPSA) is 78.9 Å². The quantitative estimate of drug-likeness (QED) is 0.0561. The maximum absolute atomic E-state index is 13.7. The fraction of sp³-hybridized carbons (Fsp3) is 0.742. The van der Waals surface area contributed by atoms with Gasteiger partial charge in [-0.25, -0.2) is 0 Å². The van der Waals surface area contributed by atoms with Crippen molar-refractivity contribution in [3.63, 3.8) is 0 Å². The molecular weight excluding hydrogens is 499 g/mol. The van der Waals surface area contributed by atoms with Crippen LogP contribution in [0.15, 0.2) is 18.2 Å². The summed E-state index contributed by atoms with van der Waals surface area (Å²) in [5.41, 5.74) is 0.418. The molecule has 0 aromatic heterocycles. The van der Waals surface area contributed by atoms with E-state index >= 15 is 0 Å². The van der Waals surface area contributed by atoms with Crippen molar-refractivity contribution < 1.29 is 28.4 Å². The maximum Gasteiger partial charge on any atom is 0.316 e. The predicted octanol–water partition coefficient (Wildman–Crippen LogP) is 8.64. The summed E-state index contributed by atoms with van der Waals surface area (Å²) in [6.45, 7) is 11.2. The van der Waals surface area contributed by atoms with Crippen LogP contribution >= 0.6 is 9.12 Å². The van der Waals surface area contributed by atoms with E-state index in [-0.39, 0.29) is 17.1 Å². The summed E-state index contributed by atoms with van der Waals surface area (Å²) in [4.78, 5) is 26.9. The van der Waals surface area contributed by atoms with Gasteiger partial charge in [0.1, 0.15) is 23.0 Å².